The molecule has 1 saturated carbocycles. The number of nitrogens with one attached hydrogen (secondary N) is 1. The quantitative estimate of drug-likeness (QED) is 0.898. The van der Waals surface area contributed by atoms with Crippen molar-refractivity contribution in [1.82, 2.24) is 19.8 Å². The van der Waals surface area contributed by atoms with Gasteiger partial charge in [0, 0.05) is 19.1 Å². The van der Waals surface area contributed by atoms with Crippen LogP contribution in [0, 0.1) is 5.92 Å². The van der Waals surface area contributed by atoms with E-state index in [0.717, 1.165) is 55.4 Å². The number of carbonyl (C=O) groups excluding carboxylic acids is 1. The van der Waals surface area contributed by atoms with E-state index < -0.39 is 0 Å². The molecule has 0 radical (unpaired) electrons. The smallest absolute Gasteiger partial charge is 0.267 e. The van der Waals surface area contributed by atoms with Crippen LogP contribution in [-0.2, 0) is 6.42 Å². The fourth-order valence-electron chi connectivity index (χ4n) is 2.69. The lowest BCUT2D eigenvalue weighted by Gasteiger charge is -2.32. The molecule has 2 fully saturated rings. The van der Waals surface area contributed by atoms with Gasteiger partial charge in [0.25, 0.3) is 5.91 Å². The highest BCUT2D eigenvalue weighted by Crippen LogP contribution is 2.28. The van der Waals surface area contributed by atoms with Gasteiger partial charge in [-0.2, -0.15) is 0 Å². The van der Waals surface area contributed by atoms with Crippen LogP contribution in [0.3, 0.4) is 0 Å². The van der Waals surface area contributed by atoms with Gasteiger partial charge >= 0.3 is 0 Å². The maximum Gasteiger partial charge on any atom is 0.267 e. The van der Waals surface area contributed by atoms with Gasteiger partial charge in [-0.25, -0.2) is 0 Å². The lowest BCUT2D eigenvalue weighted by atomic mass is 10.0. The van der Waals surface area contributed by atoms with Crippen molar-refractivity contribution in [2.45, 2.75) is 45.1 Å². The summed E-state index contributed by atoms with van der Waals surface area (Å²) in [6.45, 7) is 4.88. The Bertz CT molecular complexity index is 469. The molecule has 2 aliphatic rings. The zero-order valence-electron chi connectivity index (χ0n) is 12.4. The zero-order valence-corrected chi connectivity index (χ0v) is 14.0. The highest BCUT2D eigenvalue weighted by atomic mass is 35.5. The molecule has 3 rings (SSSR count). The molecular formula is C14H23ClN4OS. The van der Waals surface area contributed by atoms with Crippen LogP contribution in [0.25, 0.3) is 0 Å². The average Bonchev–Trinajstić information content (AvgIpc) is 3.20. The van der Waals surface area contributed by atoms with Crippen molar-refractivity contribution in [3.63, 3.8) is 0 Å². The molecule has 118 valence electrons. The first-order valence-corrected chi connectivity index (χ1v) is 8.39. The average molecular weight is 331 g/mol. The first-order valence-electron chi connectivity index (χ1n) is 7.61. The molecule has 1 amide bonds. The van der Waals surface area contributed by atoms with E-state index in [4.69, 9.17) is 0 Å². The standard InChI is InChI=1S/C14H22N4OS.ClH/c1-2-12-13(20-17-16-12)14(19)18-7-5-11(6-8-18)15-9-10-3-4-10;/h10-11,15H,2-9H2,1H3;1H. The van der Waals surface area contributed by atoms with Gasteiger partial charge in [0.15, 0.2) is 0 Å². The first kappa shape index (κ1) is 16.6. The predicted molar refractivity (Wildman–Crippen MR) is 86.2 cm³/mol. The number of hydrogen-bond donors (Lipinski definition) is 1. The van der Waals surface area contributed by atoms with Gasteiger partial charge in [-0.3, -0.25) is 4.79 Å². The number of hydrogen-bond acceptors (Lipinski definition) is 5. The number of carbonyl (C=O) groups is 1. The summed E-state index contributed by atoms with van der Waals surface area (Å²) >= 11 is 1.23. The van der Waals surface area contributed by atoms with Crippen molar-refractivity contribution >= 4 is 29.8 Å². The van der Waals surface area contributed by atoms with Gasteiger partial charge in [0.2, 0.25) is 0 Å². The first-order chi connectivity index (χ1) is 9.78. The van der Waals surface area contributed by atoms with Crippen LogP contribution in [0.1, 0.15) is 48.0 Å². The van der Waals surface area contributed by atoms with Crippen LogP contribution in [0.2, 0.25) is 0 Å². The summed E-state index contributed by atoms with van der Waals surface area (Å²) < 4.78 is 3.91. The minimum atomic E-state index is 0. The van der Waals surface area contributed by atoms with Crippen molar-refractivity contribution in [2.75, 3.05) is 19.6 Å². The molecule has 0 spiro atoms. The minimum absolute atomic E-state index is 0. The lowest BCUT2D eigenvalue weighted by molar-refractivity contribution is 0.0708. The maximum absolute atomic E-state index is 12.5. The Morgan fingerprint density at radius 1 is 1.33 bits per heavy atom. The number of rotatable bonds is 5. The third-order valence-corrected chi connectivity index (χ3v) is 5.02. The molecule has 0 aromatic carbocycles. The Balaban J connectivity index is 0.00000161. The van der Waals surface area contributed by atoms with E-state index in [1.807, 2.05) is 11.8 Å². The Morgan fingerprint density at radius 2 is 2.05 bits per heavy atom. The minimum Gasteiger partial charge on any atom is -0.338 e. The molecule has 21 heavy (non-hydrogen) atoms. The fraction of sp³-hybridized carbons (Fsp3) is 0.786. The Kier molecular flexibility index (Phi) is 5.96. The normalized spacial score (nSPS) is 19.4. The van der Waals surface area contributed by atoms with E-state index in [-0.39, 0.29) is 18.3 Å². The summed E-state index contributed by atoms with van der Waals surface area (Å²) in [4.78, 5) is 15.2. The van der Waals surface area contributed by atoms with Crippen LogP contribution < -0.4 is 5.32 Å². The monoisotopic (exact) mass is 330 g/mol. The molecule has 1 N–H and O–H groups in total. The van der Waals surface area contributed by atoms with Crippen molar-refractivity contribution in [3.05, 3.63) is 10.6 Å². The summed E-state index contributed by atoms with van der Waals surface area (Å²) in [5.41, 5.74) is 0.842. The predicted octanol–water partition coefficient (Wildman–Crippen LogP) is 2.13. The number of halogens is 1. The Morgan fingerprint density at radius 3 is 2.67 bits per heavy atom. The van der Waals surface area contributed by atoms with E-state index >= 15 is 0 Å². The Labute approximate surface area is 136 Å². The summed E-state index contributed by atoms with van der Waals surface area (Å²) in [5.74, 6) is 1.04. The number of amides is 1. The lowest BCUT2D eigenvalue weighted by Crippen LogP contribution is -2.45. The molecule has 7 heteroatoms. The molecule has 0 atom stereocenters. The van der Waals surface area contributed by atoms with Gasteiger partial charge in [-0.15, -0.1) is 17.5 Å². The molecule has 1 aliphatic heterocycles. The van der Waals surface area contributed by atoms with Crippen molar-refractivity contribution in [1.29, 1.82) is 0 Å². The van der Waals surface area contributed by atoms with Crippen LogP contribution in [0.15, 0.2) is 0 Å². The highest BCUT2D eigenvalue weighted by molar-refractivity contribution is 7.08. The van der Waals surface area contributed by atoms with Crippen molar-refractivity contribution in [2.24, 2.45) is 5.92 Å². The number of likely N-dealkylation sites (tertiary alicyclic amines) is 1. The van der Waals surface area contributed by atoms with Crippen molar-refractivity contribution < 1.29 is 4.79 Å². The molecule has 1 aliphatic carbocycles. The molecule has 5 nitrogen and oxygen atoms in total. The highest BCUT2D eigenvalue weighted by Gasteiger charge is 2.28. The number of aryl methyl sites for hydroxylation is 1. The molecule has 1 aromatic heterocycles. The molecule has 0 unspecified atom stereocenters. The van der Waals surface area contributed by atoms with E-state index in [9.17, 15) is 4.79 Å². The molecule has 1 aromatic rings. The van der Waals surface area contributed by atoms with Crippen LogP contribution in [0.4, 0.5) is 0 Å². The second kappa shape index (κ2) is 7.51. The van der Waals surface area contributed by atoms with Gasteiger partial charge in [-0.05, 0) is 56.1 Å². The fourth-order valence-corrected chi connectivity index (χ4v) is 3.41. The summed E-state index contributed by atoms with van der Waals surface area (Å²) in [5, 5.41) is 7.67. The number of nitrogens with zero attached hydrogens (tertiary/aromatic N) is 3. The summed E-state index contributed by atoms with van der Waals surface area (Å²) in [6, 6.07) is 0.588. The van der Waals surface area contributed by atoms with Crippen molar-refractivity contribution in [3.8, 4) is 0 Å². The van der Waals surface area contributed by atoms with Crippen LogP contribution >= 0.6 is 23.9 Å². The second-order valence-corrected chi connectivity index (χ2v) is 6.57. The zero-order chi connectivity index (χ0) is 13.9. The van der Waals surface area contributed by atoms with Crippen LogP contribution in [0.5, 0.6) is 0 Å². The SMILES string of the molecule is CCc1nnsc1C(=O)N1CCC(NCC2CC2)CC1.Cl. The van der Waals surface area contributed by atoms with E-state index in [1.54, 1.807) is 0 Å². The number of aromatic nitrogens is 2. The largest absolute Gasteiger partial charge is 0.338 e. The Hall–Kier alpha value is -0.720. The topological polar surface area (TPSA) is 58.1 Å². The van der Waals surface area contributed by atoms with E-state index in [1.165, 1.54) is 24.4 Å². The summed E-state index contributed by atoms with van der Waals surface area (Å²) in [6.07, 6.45) is 5.68. The molecule has 1 saturated heterocycles. The van der Waals surface area contributed by atoms with Crippen LogP contribution in [-0.4, -0.2) is 46.1 Å². The van der Waals surface area contributed by atoms with E-state index in [2.05, 4.69) is 14.9 Å². The van der Waals surface area contributed by atoms with E-state index in [0.29, 0.717) is 6.04 Å². The van der Waals surface area contributed by atoms with Gasteiger partial charge in [0.1, 0.15) is 4.88 Å². The second-order valence-electron chi connectivity index (χ2n) is 5.82. The summed E-state index contributed by atoms with van der Waals surface area (Å²) in [7, 11) is 0. The molecule has 2 heterocycles. The third-order valence-electron chi connectivity index (χ3n) is 4.26. The molecular weight excluding hydrogens is 308 g/mol. The molecule has 0 bridgehead atoms. The van der Waals surface area contributed by atoms with Gasteiger partial charge in [0.05, 0.1) is 5.69 Å². The third kappa shape index (κ3) is 4.14. The maximum atomic E-state index is 12.5. The van der Waals surface area contributed by atoms with Gasteiger partial charge in [-0.1, -0.05) is 11.4 Å². The van der Waals surface area contributed by atoms with Gasteiger partial charge < -0.3 is 10.2 Å². The number of piperidine rings is 1.